The van der Waals surface area contributed by atoms with Crippen LogP contribution in [0.15, 0.2) is 12.1 Å². The van der Waals surface area contributed by atoms with E-state index in [1.165, 1.54) is 0 Å². The lowest BCUT2D eigenvalue weighted by molar-refractivity contribution is -0.142. The second-order valence-electron chi connectivity index (χ2n) is 7.68. The van der Waals surface area contributed by atoms with Gasteiger partial charge in [0.25, 0.3) is 11.8 Å². The molecule has 1 unspecified atom stereocenters. The number of hydrogen-bond acceptors (Lipinski definition) is 4. The fourth-order valence-electron chi connectivity index (χ4n) is 3.83. The van der Waals surface area contributed by atoms with Gasteiger partial charge in [0.15, 0.2) is 0 Å². The summed E-state index contributed by atoms with van der Waals surface area (Å²) in [5, 5.41) is 0. The molecule has 0 aromatic heterocycles. The molecule has 1 aromatic carbocycles. The summed E-state index contributed by atoms with van der Waals surface area (Å²) in [5.41, 5.74) is 2.68. The van der Waals surface area contributed by atoms with E-state index < -0.39 is 0 Å². The lowest BCUT2D eigenvalue weighted by Crippen LogP contribution is -2.52. The predicted molar refractivity (Wildman–Crippen MR) is 103 cm³/mol. The Morgan fingerprint density at radius 1 is 1.15 bits per heavy atom. The van der Waals surface area contributed by atoms with Gasteiger partial charge < -0.3 is 19.3 Å². The molecule has 0 radical (unpaired) electrons. The van der Waals surface area contributed by atoms with E-state index in [-0.39, 0.29) is 23.8 Å². The van der Waals surface area contributed by atoms with E-state index in [9.17, 15) is 9.59 Å². The molecule has 2 fully saturated rings. The van der Waals surface area contributed by atoms with Crippen LogP contribution >= 0.6 is 0 Å². The molecule has 2 aliphatic heterocycles. The van der Waals surface area contributed by atoms with E-state index >= 15 is 0 Å². The Kier molecular flexibility index (Phi) is 6.05. The molecule has 0 bridgehead atoms. The summed E-state index contributed by atoms with van der Waals surface area (Å²) in [6.07, 6.45) is 1.47. The predicted octanol–water partition coefficient (Wildman–Crippen LogP) is 2.59. The monoisotopic (exact) mass is 374 g/mol. The molecule has 6 heteroatoms. The Morgan fingerprint density at radius 2 is 1.81 bits per heavy atom. The number of nitrogens with zero attached hydrogens (tertiary/aromatic N) is 2. The highest BCUT2D eigenvalue weighted by atomic mass is 16.5. The molecule has 2 aliphatic rings. The largest absolute Gasteiger partial charge is 0.496 e. The van der Waals surface area contributed by atoms with E-state index in [2.05, 4.69) is 13.8 Å². The first-order chi connectivity index (χ1) is 12.9. The number of aryl methyl sites for hydroxylation is 1. The second kappa shape index (κ2) is 8.30. The number of amides is 2. The van der Waals surface area contributed by atoms with Crippen LogP contribution in [-0.2, 0) is 9.53 Å². The van der Waals surface area contributed by atoms with Crippen LogP contribution in [0.5, 0.6) is 5.75 Å². The van der Waals surface area contributed by atoms with Crippen LogP contribution in [0.2, 0.25) is 0 Å². The van der Waals surface area contributed by atoms with Crippen LogP contribution in [0, 0.1) is 6.92 Å². The third kappa shape index (κ3) is 4.10. The number of benzene rings is 1. The normalized spacial score (nSPS) is 20.3. The number of piperazine rings is 1. The average Bonchev–Trinajstić information content (AvgIpc) is 3.21. The van der Waals surface area contributed by atoms with Gasteiger partial charge >= 0.3 is 0 Å². The fourth-order valence-corrected chi connectivity index (χ4v) is 3.83. The van der Waals surface area contributed by atoms with Gasteiger partial charge in [-0.25, -0.2) is 0 Å². The second-order valence-corrected chi connectivity index (χ2v) is 7.68. The van der Waals surface area contributed by atoms with Gasteiger partial charge in [0.1, 0.15) is 11.9 Å². The van der Waals surface area contributed by atoms with E-state index in [0.717, 1.165) is 35.3 Å². The summed E-state index contributed by atoms with van der Waals surface area (Å²) in [6.45, 7) is 9.04. The summed E-state index contributed by atoms with van der Waals surface area (Å²) < 4.78 is 11.0. The van der Waals surface area contributed by atoms with Crippen molar-refractivity contribution in [3.8, 4) is 5.75 Å². The minimum Gasteiger partial charge on any atom is -0.496 e. The van der Waals surface area contributed by atoms with Gasteiger partial charge in [-0.2, -0.15) is 0 Å². The van der Waals surface area contributed by atoms with Crippen LogP contribution in [0.25, 0.3) is 0 Å². The molecule has 27 heavy (non-hydrogen) atoms. The smallest absolute Gasteiger partial charge is 0.254 e. The molecule has 3 rings (SSSR count). The molecule has 6 nitrogen and oxygen atoms in total. The highest BCUT2D eigenvalue weighted by Crippen LogP contribution is 2.30. The lowest BCUT2D eigenvalue weighted by atomic mass is 9.95. The quantitative estimate of drug-likeness (QED) is 0.813. The average molecular weight is 374 g/mol. The topological polar surface area (TPSA) is 59.1 Å². The zero-order valence-electron chi connectivity index (χ0n) is 16.8. The first-order valence-electron chi connectivity index (χ1n) is 9.80. The van der Waals surface area contributed by atoms with Crippen molar-refractivity contribution >= 4 is 11.8 Å². The van der Waals surface area contributed by atoms with Crippen molar-refractivity contribution in [3.05, 3.63) is 28.8 Å². The first kappa shape index (κ1) is 19.7. The Morgan fingerprint density at radius 3 is 2.37 bits per heavy atom. The molecule has 1 aromatic rings. The van der Waals surface area contributed by atoms with E-state index in [1.807, 2.05) is 28.9 Å². The Hall–Kier alpha value is -2.08. The summed E-state index contributed by atoms with van der Waals surface area (Å²) in [4.78, 5) is 29.2. The standard InChI is InChI=1S/C21H30N2O4/c1-14(2)16-13-17(15(3)12-19(16)26-4)20(24)22-7-9-23(10-8-22)21(25)18-6-5-11-27-18/h12-14,18H,5-11H2,1-4H3. The zero-order valence-corrected chi connectivity index (χ0v) is 16.8. The lowest BCUT2D eigenvalue weighted by Gasteiger charge is -2.36. The van der Waals surface area contributed by atoms with Gasteiger partial charge in [-0.05, 0) is 48.9 Å². The van der Waals surface area contributed by atoms with Crippen molar-refractivity contribution in [1.29, 1.82) is 0 Å². The van der Waals surface area contributed by atoms with Crippen molar-refractivity contribution in [3.63, 3.8) is 0 Å². The molecular formula is C21H30N2O4. The van der Waals surface area contributed by atoms with Crippen molar-refractivity contribution < 1.29 is 19.1 Å². The van der Waals surface area contributed by atoms with Crippen LogP contribution < -0.4 is 4.74 Å². The molecule has 148 valence electrons. The maximum absolute atomic E-state index is 13.1. The SMILES string of the molecule is COc1cc(C)c(C(=O)N2CCN(C(=O)C3CCCO3)CC2)cc1C(C)C. The number of ether oxygens (including phenoxy) is 2. The van der Waals surface area contributed by atoms with Gasteiger partial charge in [0, 0.05) is 38.3 Å². The number of methoxy groups -OCH3 is 1. The minimum atomic E-state index is -0.287. The molecule has 2 amide bonds. The Labute approximate surface area is 161 Å². The molecular weight excluding hydrogens is 344 g/mol. The first-order valence-corrected chi connectivity index (χ1v) is 9.80. The maximum Gasteiger partial charge on any atom is 0.254 e. The molecule has 2 saturated heterocycles. The van der Waals surface area contributed by atoms with Crippen molar-refractivity contribution in [2.24, 2.45) is 0 Å². The number of hydrogen-bond donors (Lipinski definition) is 0. The Balaban J connectivity index is 1.68. The summed E-state index contributed by atoms with van der Waals surface area (Å²) in [6, 6.07) is 3.91. The highest BCUT2D eigenvalue weighted by molar-refractivity contribution is 5.96. The minimum absolute atomic E-state index is 0.0290. The molecule has 0 N–H and O–H groups in total. The zero-order chi connectivity index (χ0) is 19.6. The van der Waals surface area contributed by atoms with Crippen molar-refractivity contribution in [2.75, 3.05) is 39.9 Å². The van der Waals surface area contributed by atoms with E-state index in [4.69, 9.17) is 9.47 Å². The van der Waals surface area contributed by atoms with Crippen molar-refractivity contribution in [2.45, 2.75) is 45.6 Å². The Bertz CT molecular complexity index is 702. The summed E-state index contributed by atoms with van der Waals surface area (Å²) in [5.74, 6) is 1.20. The molecule has 2 heterocycles. The van der Waals surface area contributed by atoms with E-state index in [0.29, 0.717) is 32.8 Å². The van der Waals surface area contributed by atoms with E-state index in [1.54, 1.807) is 7.11 Å². The molecule has 0 saturated carbocycles. The van der Waals surface area contributed by atoms with Crippen molar-refractivity contribution in [1.82, 2.24) is 9.80 Å². The van der Waals surface area contributed by atoms with Crippen LogP contribution in [-0.4, -0.2) is 67.6 Å². The summed E-state index contributed by atoms with van der Waals surface area (Å²) in [7, 11) is 1.66. The number of rotatable bonds is 4. The van der Waals surface area contributed by atoms with Crippen LogP contribution in [0.1, 0.15) is 54.1 Å². The van der Waals surface area contributed by atoms with Gasteiger partial charge in [-0.3, -0.25) is 9.59 Å². The summed E-state index contributed by atoms with van der Waals surface area (Å²) >= 11 is 0. The molecule has 1 atom stereocenters. The highest BCUT2D eigenvalue weighted by Gasteiger charge is 2.32. The third-order valence-electron chi connectivity index (χ3n) is 5.51. The third-order valence-corrected chi connectivity index (χ3v) is 5.51. The number of carbonyl (C=O) groups excluding carboxylic acids is 2. The van der Waals surface area contributed by atoms with Gasteiger partial charge in [0.2, 0.25) is 0 Å². The van der Waals surface area contributed by atoms with Crippen LogP contribution in [0.3, 0.4) is 0 Å². The van der Waals surface area contributed by atoms with Crippen LogP contribution in [0.4, 0.5) is 0 Å². The molecule has 0 aliphatic carbocycles. The molecule has 0 spiro atoms. The van der Waals surface area contributed by atoms with Gasteiger partial charge in [-0.15, -0.1) is 0 Å². The van der Waals surface area contributed by atoms with Gasteiger partial charge in [-0.1, -0.05) is 13.8 Å². The number of carbonyl (C=O) groups is 2. The fraction of sp³-hybridized carbons (Fsp3) is 0.619. The van der Waals surface area contributed by atoms with Gasteiger partial charge in [0.05, 0.1) is 7.11 Å². The maximum atomic E-state index is 13.1.